The summed E-state index contributed by atoms with van der Waals surface area (Å²) in [5.74, 6) is 1.10. The molecule has 1 aromatic carbocycles. The molecule has 17 heavy (non-hydrogen) atoms. The zero-order valence-corrected chi connectivity index (χ0v) is 10.7. The highest BCUT2D eigenvalue weighted by Gasteiger charge is 1.97. The lowest BCUT2D eigenvalue weighted by molar-refractivity contribution is 0.773. The summed E-state index contributed by atoms with van der Waals surface area (Å²) in [6.45, 7) is 1.77. The van der Waals surface area contributed by atoms with Crippen LogP contribution in [-0.2, 0) is 13.0 Å². The van der Waals surface area contributed by atoms with Crippen molar-refractivity contribution in [1.82, 2.24) is 4.57 Å². The van der Waals surface area contributed by atoms with Crippen LogP contribution >= 0.6 is 11.8 Å². The number of benzene rings is 1. The predicted octanol–water partition coefficient (Wildman–Crippen LogP) is 2.78. The zero-order valence-electron chi connectivity index (χ0n) is 9.88. The molecule has 0 aliphatic carbocycles. The van der Waals surface area contributed by atoms with E-state index in [-0.39, 0.29) is 0 Å². The van der Waals surface area contributed by atoms with Crippen LogP contribution in [-0.4, -0.2) is 16.9 Å². The van der Waals surface area contributed by atoms with E-state index in [1.807, 2.05) is 11.8 Å². The predicted molar refractivity (Wildman–Crippen MR) is 74.4 cm³/mol. The van der Waals surface area contributed by atoms with Crippen LogP contribution in [0, 0.1) is 0 Å². The molecule has 0 spiro atoms. The van der Waals surface area contributed by atoms with Gasteiger partial charge < -0.3 is 10.3 Å². The van der Waals surface area contributed by atoms with Crippen molar-refractivity contribution in [2.75, 3.05) is 12.3 Å². The van der Waals surface area contributed by atoms with E-state index in [4.69, 9.17) is 5.73 Å². The van der Waals surface area contributed by atoms with Crippen molar-refractivity contribution in [3.05, 3.63) is 54.4 Å². The smallest absolute Gasteiger partial charge is 0.0314 e. The summed E-state index contributed by atoms with van der Waals surface area (Å²) in [6.07, 6.45) is 5.30. The van der Waals surface area contributed by atoms with Gasteiger partial charge in [0.1, 0.15) is 0 Å². The Bertz CT molecular complexity index is 436. The van der Waals surface area contributed by atoms with Crippen LogP contribution in [0.25, 0.3) is 0 Å². The highest BCUT2D eigenvalue weighted by Crippen LogP contribution is 2.17. The second-order valence-corrected chi connectivity index (χ2v) is 5.13. The molecule has 2 rings (SSSR count). The number of hydrogen-bond donors (Lipinski definition) is 1. The van der Waals surface area contributed by atoms with E-state index in [1.54, 1.807) is 0 Å². The van der Waals surface area contributed by atoms with E-state index < -0.39 is 0 Å². The molecule has 0 saturated carbocycles. The molecule has 0 aliphatic rings. The first-order valence-corrected chi connectivity index (χ1v) is 6.89. The van der Waals surface area contributed by atoms with Gasteiger partial charge in [-0.05, 0) is 36.7 Å². The average Bonchev–Trinajstić information content (AvgIpc) is 2.79. The largest absolute Gasteiger partial charge is 0.353 e. The van der Waals surface area contributed by atoms with Gasteiger partial charge in [0, 0.05) is 29.6 Å². The summed E-state index contributed by atoms with van der Waals surface area (Å²) in [4.78, 5) is 1.34. The lowest BCUT2D eigenvalue weighted by Gasteiger charge is -2.03. The zero-order chi connectivity index (χ0) is 11.9. The molecular formula is C14H18N2S. The van der Waals surface area contributed by atoms with Crippen molar-refractivity contribution in [2.45, 2.75) is 17.9 Å². The number of aryl methyl sites for hydroxylation is 1. The molecule has 0 amide bonds. The summed E-state index contributed by atoms with van der Waals surface area (Å²) in [5.41, 5.74) is 6.86. The quantitative estimate of drug-likeness (QED) is 0.795. The van der Waals surface area contributed by atoms with E-state index in [1.165, 1.54) is 10.5 Å². The summed E-state index contributed by atoms with van der Waals surface area (Å²) in [7, 11) is 0. The molecule has 0 unspecified atom stereocenters. The van der Waals surface area contributed by atoms with E-state index >= 15 is 0 Å². The molecule has 0 aliphatic heterocycles. The molecule has 1 heterocycles. The molecular weight excluding hydrogens is 228 g/mol. The second kappa shape index (κ2) is 6.52. The lowest BCUT2D eigenvalue weighted by atomic mass is 10.2. The number of nitrogens with zero attached hydrogens (tertiary/aromatic N) is 1. The Morgan fingerprint density at radius 1 is 1.12 bits per heavy atom. The van der Waals surface area contributed by atoms with Crippen molar-refractivity contribution in [3.63, 3.8) is 0 Å². The van der Waals surface area contributed by atoms with Crippen molar-refractivity contribution in [1.29, 1.82) is 0 Å². The van der Waals surface area contributed by atoms with Gasteiger partial charge in [0.15, 0.2) is 0 Å². The fourth-order valence-electron chi connectivity index (χ4n) is 1.73. The summed E-state index contributed by atoms with van der Waals surface area (Å²) >= 11 is 1.89. The molecule has 2 N–H and O–H groups in total. The third kappa shape index (κ3) is 3.95. The maximum atomic E-state index is 5.53. The van der Waals surface area contributed by atoms with E-state index in [0.29, 0.717) is 0 Å². The summed E-state index contributed by atoms with van der Waals surface area (Å²) < 4.78 is 2.24. The minimum Gasteiger partial charge on any atom is -0.353 e. The number of rotatable bonds is 6. The molecule has 2 aromatic rings. The highest BCUT2D eigenvalue weighted by atomic mass is 32.2. The molecule has 0 atom stereocenters. The van der Waals surface area contributed by atoms with E-state index in [9.17, 15) is 0 Å². The number of nitrogens with two attached hydrogens (primary N) is 1. The molecule has 2 nitrogen and oxygen atoms in total. The summed E-state index contributed by atoms with van der Waals surface area (Å²) in [6, 6.07) is 12.7. The van der Waals surface area contributed by atoms with Gasteiger partial charge in [-0.3, -0.25) is 0 Å². The first-order chi connectivity index (χ1) is 8.38. The monoisotopic (exact) mass is 246 g/mol. The van der Waals surface area contributed by atoms with Crippen LogP contribution in [0.15, 0.2) is 53.7 Å². The third-order valence-corrected chi connectivity index (χ3v) is 3.60. The topological polar surface area (TPSA) is 30.9 Å². The minimum absolute atomic E-state index is 0.725. The molecule has 0 bridgehead atoms. The van der Waals surface area contributed by atoms with Gasteiger partial charge in [0.25, 0.3) is 0 Å². The molecule has 1 aromatic heterocycles. The maximum Gasteiger partial charge on any atom is 0.0314 e. The van der Waals surface area contributed by atoms with Gasteiger partial charge in [0.05, 0.1) is 0 Å². The Kier molecular flexibility index (Phi) is 4.71. The highest BCUT2D eigenvalue weighted by molar-refractivity contribution is 7.99. The molecule has 0 fully saturated rings. The minimum atomic E-state index is 0.725. The fraction of sp³-hybridized carbons (Fsp3) is 0.286. The molecule has 90 valence electrons. The van der Waals surface area contributed by atoms with Crippen LogP contribution in [0.3, 0.4) is 0 Å². The van der Waals surface area contributed by atoms with Crippen LogP contribution in [0.5, 0.6) is 0 Å². The Balaban J connectivity index is 1.78. The van der Waals surface area contributed by atoms with Gasteiger partial charge in [0.2, 0.25) is 0 Å². The third-order valence-electron chi connectivity index (χ3n) is 2.61. The molecule has 3 heteroatoms. The average molecular weight is 246 g/mol. The normalized spacial score (nSPS) is 10.6. The van der Waals surface area contributed by atoms with Crippen molar-refractivity contribution >= 4 is 11.8 Å². The Morgan fingerprint density at radius 2 is 1.94 bits per heavy atom. The maximum absolute atomic E-state index is 5.53. The molecule has 0 radical (unpaired) electrons. The van der Waals surface area contributed by atoms with Crippen LogP contribution in [0.2, 0.25) is 0 Å². The Labute approximate surface area is 107 Å². The van der Waals surface area contributed by atoms with Gasteiger partial charge in [-0.25, -0.2) is 0 Å². The van der Waals surface area contributed by atoms with E-state index in [0.717, 1.165) is 25.3 Å². The van der Waals surface area contributed by atoms with Crippen molar-refractivity contribution in [2.24, 2.45) is 5.73 Å². The number of hydrogen-bond acceptors (Lipinski definition) is 2. The number of aromatic nitrogens is 1. The Morgan fingerprint density at radius 3 is 2.71 bits per heavy atom. The van der Waals surface area contributed by atoms with Gasteiger partial charge in [-0.1, -0.05) is 18.2 Å². The van der Waals surface area contributed by atoms with Crippen LogP contribution in [0.4, 0.5) is 0 Å². The summed E-state index contributed by atoms with van der Waals surface area (Å²) in [5, 5.41) is 0. The lowest BCUT2D eigenvalue weighted by Crippen LogP contribution is -2.02. The standard InChI is InChI=1S/C14H18N2S/c15-8-6-13-7-9-16(12-13)10-11-17-14-4-2-1-3-5-14/h1-5,7,9,12H,6,8,10-11,15H2. The molecule has 0 saturated heterocycles. The van der Waals surface area contributed by atoms with Gasteiger partial charge >= 0.3 is 0 Å². The SMILES string of the molecule is NCCc1ccn(CCSc2ccccc2)c1. The van der Waals surface area contributed by atoms with Gasteiger partial charge in [-0.2, -0.15) is 0 Å². The Hall–Kier alpha value is -1.19. The van der Waals surface area contributed by atoms with Crippen LogP contribution < -0.4 is 5.73 Å². The van der Waals surface area contributed by atoms with Crippen LogP contribution in [0.1, 0.15) is 5.56 Å². The fourth-order valence-corrected chi connectivity index (χ4v) is 2.62. The van der Waals surface area contributed by atoms with E-state index in [2.05, 4.69) is 53.4 Å². The first kappa shape index (κ1) is 12.3. The second-order valence-electron chi connectivity index (χ2n) is 3.96. The van der Waals surface area contributed by atoms with Gasteiger partial charge in [-0.15, -0.1) is 11.8 Å². The van der Waals surface area contributed by atoms with Crippen molar-refractivity contribution < 1.29 is 0 Å². The first-order valence-electron chi connectivity index (χ1n) is 5.91. The number of thioether (sulfide) groups is 1. The van der Waals surface area contributed by atoms with Crippen molar-refractivity contribution in [3.8, 4) is 0 Å².